The second-order valence-corrected chi connectivity index (χ2v) is 7.09. The second-order valence-electron chi connectivity index (χ2n) is 7.09. The number of ether oxygens (including phenoxy) is 1. The highest BCUT2D eigenvalue weighted by Gasteiger charge is 2.26. The van der Waals surface area contributed by atoms with E-state index in [1.165, 1.54) is 11.1 Å². The minimum absolute atomic E-state index is 0.165. The maximum Gasteiger partial charge on any atom is 0.409 e. The zero-order valence-electron chi connectivity index (χ0n) is 17.4. The topological polar surface area (TPSA) is 87.7 Å². The first-order chi connectivity index (χ1) is 13.9. The molecule has 1 aromatic heterocycles. The third-order valence-corrected chi connectivity index (χ3v) is 4.93. The van der Waals surface area contributed by atoms with Gasteiger partial charge in [0, 0.05) is 37.9 Å². The quantitative estimate of drug-likeness (QED) is 0.853. The molecular weight excluding hydrogens is 370 g/mol. The molecule has 0 atom stereocenters. The molecule has 1 aliphatic rings. The number of nitrogens with one attached hydrogen (secondary N) is 1. The van der Waals surface area contributed by atoms with Crippen molar-refractivity contribution in [2.75, 3.05) is 38.1 Å². The van der Waals surface area contributed by atoms with Crippen LogP contribution in [0.1, 0.15) is 34.4 Å². The van der Waals surface area contributed by atoms with Crippen molar-refractivity contribution in [3.05, 3.63) is 46.9 Å². The maximum atomic E-state index is 12.9. The lowest BCUT2D eigenvalue weighted by Gasteiger charge is -2.33. The van der Waals surface area contributed by atoms with Crippen molar-refractivity contribution in [1.82, 2.24) is 19.8 Å². The zero-order valence-corrected chi connectivity index (χ0v) is 17.4. The van der Waals surface area contributed by atoms with E-state index in [-0.39, 0.29) is 12.0 Å². The smallest absolute Gasteiger partial charge is 0.409 e. The minimum atomic E-state index is -0.336. The van der Waals surface area contributed by atoms with Gasteiger partial charge >= 0.3 is 6.09 Å². The van der Waals surface area contributed by atoms with Crippen LogP contribution in [-0.4, -0.2) is 64.6 Å². The molecule has 1 fully saturated rings. The molecule has 1 aliphatic heterocycles. The summed E-state index contributed by atoms with van der Waals surface area (Å²) in [5, 5.41) is 3.26. The van der Waals surface area contributed by atoms with Gasteiger partial charge in [-0.05, 0) is 51.0 Å². The summed E-state index contributed by atoms with van der Waals surface area (Å²) in [6.45, 7) is 9.78. The number of nitrogens with zero attached hydrogens (tertiary/aromatic N) is 4. The number of amides is 2. The van der Waals surface area contributed by atoms with E-state index in [0.717, 1.165) is 5.69 Å². The van der Waals surface area contributed by atoms with E-state index in [1.54, 1.807) is 29.7 Å². The Morgan fingerprint density at radius 1 is 1.00 bits per heavy atom. The number of aromatic nitrogens is 2. The number of rotatable bonds is 4. The fraction of sp³-hybridized carbons (Fsp3) is 0.429. The number of benzene rings is 1. The molecule has 0 unspecified atom stereocenters. The van der Waals surface area contributed by atoms with Crippen molar-refractivity contribution < 1.29 is 14.3 Å². The molecule has 0 aliphatic carbocycles. The Morgan fingerprint density at radius 3 is 2.34 bits per heavy atom. The average molecular weight is 397 g/mol. The highest BCUT2D eigenvalue weighted by molar-refractivity contribution is 5.93. The van der Waals surface area contributed by atoms with E-state index in [0.29, 0.717) is 50.1 Å². The van der Waals surface area contributed by atoms with Crippen molar-refractivity contribution in [2.24, 2.45) is 0 Å². The monoisotopic (exact) mass is 397 g/mol. The Bertz CT molecular complexity index is 907. The Morgan fingerprint density at radius 2 is 1.69 bits per heavy atom. The van der Waals surface area contributed by atoms with Gasteiger partial charge in [0.1, 0.15) is 17.3 Å². The van der Waals surface area contributed by atoms with Gasteiger partial charge in [-0.15, -0.1) is 0 Å². The van der Waals surface area contributed by atoms with Crippen LogP contribution in [0.5, 0.6) is 0 Å². The predicted molar refractivity (Wildman–Crippen MR) is 110 cm³/mol. The standard InChI is InChI=1S/C21H27N5O3/c1-5-29-21(28)26-10-8-25(9-11-26)20(27)18-13-19(23-16(4)22-18)24-17-7-6-14(2)15(3)12-17/h6-7,12-13H,5,8-11H2,1-4H3,(H,22,23,24). The van der Waals surface area contributed by atoms with Crippen LogP contribution in [0.4, 0.5) is 16.3 Å². The SMILES string of the molecule is CCOC(=O)N1CCN(C(=O)c2cc(Nc3ccc(C)c(C)c3)nc(C)n2)CC1. The van der Waals surface area contributed by atoms with E-state index in [4.69, 9.17) is 4.74 Å². The van der Waals surface area contributed by atoms with Crippen LogP contribution >= 0.6 is 0 Å². The van der Waals surface area contributed by atoms with Crippen LogP contribution in [0.3, 0.4) is 0 Å². The Hall–Kier alpha value is -3.16. The molecule has 0 spiro atoms. The Kier molecular flexibility index (Phi) is 6.31. The highest BCUT2D eigenvalue weighted by Crippen LogP contribution is 2.19. The third kappa shape index (κ3) is 5.01. The lowest BCUT2D eigenvalue weighted by Crippen LogP contribution is -2.50. The molecule has 0 radical (unpaired) electrons. The third-order valence-electron chi connectivity index (χ3n) is 4.93. The van der Waals surface area contributed by atoms with E-state index in [1.807, 2.05) is 18.2 Å². The van der Waals surface area contributed by atoms with Gasteiger partial charge in [0.05, 0.1) is 6.61 Å². The maximum absolute atomic E-state index is 12.9. The van der Waals surface area contributed by atoms with Gasteiger partial charge in [-0.2, -0.15) is 0 Å². The van der Waals surface area contributed by atoms with Crippen LogP contribution in [0, 0.1) is 20.8 Å². The highest BCUT2D eigenvalue weighted by atomic mass is 16.6. The molecule has 2 aromatic rings. The van der Waals surface area contributed by atoms with E-state index in [2.05, 4.69) is 29.1 Å². The summed E-state index contributed by atoms with van der Waals surface area (Å²) in [6, 6.07) is 7.74. The molecule has 1 N–H and O–H groups in total. The van der Waals surface area contributed by atoms with Crippen LogP contribution in [-0.2, 0) is 4.74 Å². The number of hydrogen-bond acceptors (Lipinski definition) is 6. The van der Waals surface area contributed by atoms with Crippen LogP contribution < -0.4 is 5.32 Å². The van der Waals surface area contributed by atoms with Crippen molar-refractivity contribution in [1.29, 1.82) is 0 Å². The summed E-state index contributed by atoms with van der Waals surface area (Å²) in [6.07, 6.45) is -0.336. The summed E-state index contributed by atoms with van der Waals surface area (Å²) in [7, 11) is 0. The van der Waals surface area contributed by atoms with Crippen LogP contribution in [0.15, 0.2) is 24.3 Å². The summed E-state index contributed by atoms with van der Waals surface area (Å²) in [4.78, 5) is 36.8. The van der Waals surface area contributed by atoms with Gasteiger partial charge in [0.2, 0.25) is 0 Å². The molecule has 29 heavy (non-hydrogen) atoms. The van der Waals surface area contributed by atoms with Crippen molar-refractivity contribution >= 4 is 23.5 Å². The molecule has 2 amide bonds. The van der Waals surface area contributed by atoms with Crippen LogP contribution in [0.2, 0.25) is 0 Å². The summed E-state index contributed by atoms with van der Waals surface area (Å²) in [5.41, 5.74) is 3.64. The number of hydrogen-bond donors (Lipinski definition) is 1. The lowest BCUT2D eigenvalue weighted by atomic mass is 10.1. The number of piperazine rings is 1. The average Bonchev–Trinajstić information content (AvgIpc) is 2.70. The molecule has 3 rings (SSSR count). The van der Waals surface area contributed by atoms with Crippen molar-refractivity contribution in [3.8, 4) is 0 Å². The number of carbonyl (C=O) groups is 2. The molecule has 8 heteroatoms. The van der Waals surface area contributed by atoms with Crippen molar-refractivity contribution in [3.63, 3.8) is 0 Å². The first-order valence-electron chi connectivity index (χ1n) is 9.78. The summed E-state index contributed by atoms with van der Waals surface area (Å²) >= 11 is 0. The molecule has 0 bridgehead atoms. The first kappa shape index (κ1) is 20.6. The minimum Gasteiger partial charge on any atom is -0.450 e. The van der Waals surface area contributed by atoms with Crippen molar-refractivity contribution in [2.45, 2.75) is 27.7 Å². The fourth-order valence-corrected chi connectivity index (χ4v) is 3.18. The number of anilines is 2. The predicted octanol–water partition coefficient (Wildman–Crippen LogP) is 3.06. The molecular formula is C21H27N5O3. The lowest BCUT2D eigenvalue weighted by molar-refractivity contribution is 0.0565. The molecule has 2 heterocycles. The second kappa shape index (κ2) is 8.89. The van der Waals surface area contributed by atoms with Gasteiger partial charge in [0.15, 0.2) is 0 Å². The van der Waals surface area contributed by atoms with E-state index >= 15 is 0 Å². The van der Waals surface area contributed by atoms with Crippen LogP contribution in [0.25, 0.3) is 0 Å². The largest absolute Gasteiger partial charge is 0.450 e. The van der Waals surface area contributed by atoms with Gasteiger partial charge < -0.3 is 19.9 Å². The Labute approximate surface area is 170 Å². The molecule has 8 nitrogen and oxygen atoms in total. The van der Waals surface area contributed by atoms with Gasteiger partial charge in [-0.25, -0.2) is 14.8 Å². The van der Waals surface area contributed by atoms with Gasteiger partial charge in [0.25, 0.3) is 5.91 Å². The first-order valence-corrected chi connectivity index (χ1v) is 9.78. The number of carbonyl (C=O) groups excluding carboxylic acids is 2. The molecule has 1 aromatic carbocycles. The van der Waals surface area contributed by atoms with Gasteiger partial charge in [-0.1, -0.05) is 6.07 Å². The Balaban J connectivity index is 1.70. The number of aryl methyl sites for hydroxylation is 3. The van der Waals surface area contributed by atoms with E-state index < -0.39 is 0 Å². The van der Waals surface area contributed by atoms with E-state index in [9.17, 15) is 9.59 Å². The summed E-state index contributed by atoms with van der Waals surface area (Å²) in [5.74, 6) is 0.934. The molecule has 154 valence electrons. The normalized spacial score (nSPS) is 13.9. The summed E-state index contributed by atoms with van der Waals surface area (Å²) < 4.78 is 5.02. The van der Waals surface area contributed by atoms with Gasteiger partial charge in [-0.3, -0.25) is 4.79 Å². The molecule has 1 saturated heterocycles. The molecule has 0 saturated carbocycles. The fourth-order valence-electron chi connectivity index (χ4n) is 3.18. The zero-order chi connectivity index (χ0) is 21.0.